The van der Waals surface area contributed by atoms with Gasteiger partial charge in [-0.05, 0) is 61.8 Å². The summed E-state index contributed by atoms with van der Waals surface area (Å²) >= 11 is 0. The normalized spacial score (nSPS) is 14.0. The molecule has 0 N–H and O–H groups in total. The molecule has 4 nitrogen and oxygen atoms in total. The Bertz CT molecular complexity index is 888. The van der Waals surface area contributed by atoms with Gasteiger partial charge in [-0.15, -0.1) is 0 Å². The van der Waals surface area contributed by atoms with Crippen LogP contribution < -0.4 is 9.64 Å². The number of anilines is 1. The molecule has 0 aliphatic carbocycles. The number of Topliss-reactive ketones (excluding diaryl/α,β-unsaturated/α-hetero) is 1. The van der Waals surface area contributed by atoms with Gasteiger partial charge in [0.05, 0.1) is 6.61 Å². The van der Waals surface area contributed by atoms with Crippen LogP contribution in [0.15, 0.2) is 36.4 Å². The number of carbonyl (C=O) groups excluding carboxylic acids is 1. The number of nitrogens with zero attached hydrogens (tertiary/aromatic N) is 1. The van der Waals surface area contributed by atoms with Gasteiger partial charge in [0.25, 0.3) is 0 Å². The van der Waals surface area contributed by atoms with Gasteiger partial charge < -0.3 is 14.4 Å². The van der Waals surface area contributed by atoms with Gasteiger partial charge in [0, 0.05) is 36.5 Å². The van der Waals surface area contributed by atoms with Crippen LogP contribution in [0.2, 0.25) is 0 Å². The highest BCUT2D eigenvalue weighted by atomic mass is 16.5. The number of rotatable bonds is 11. The van der Waals surface area contributed by atoms with Crippen molar-refractivity contribution in [2.75, 3.05) is 37.8 Å². The molecule has 4 heteroatoms. The van der Waals surface area contributed by atoms with Gasteiger partial charge in [0.2, 0.25) is 0 Å². The van der Waals surface area contributed by atoms with Gasteiger partial charge in [-0.1, -0.05) is 57.9 Å². The van der Waals surface area contributed by atoms with E-state index in [9.17, 15) is 4.79 Å². The second-order valence-electron chi connectivity index (χ2n) is 9.53. The van der Waals surface area contributed by atoms with E-state index in [0.717, 1.165) is 56.7 Å². The Hall–Kier alpha value is -2.33. The summed E-state index contributed by atoms with van der Waals surface area (Å²) in [6, 6.07) is 12.5. The van der Waals surface area contributed by atoms with Gasteiger partial charge in [-0.2, -0.15) is 0 Å². The highest BCUT2D eigenvalue weighted by Crippen LogP contribution is 2.39. The van der Waals surface area contributed by atoms with Crippen LogP contribution in [0.5, 0.6) is 5.75 Å². The van der Waals surface area contributed by atoms with Gasteiger partial charge >= 0.3 is 0 Å². The standard InChI is InChI=1S/C29H41NO3/c1-5-6-18-32-19-20-33-25-13-11-24(12-14-25)27-16-15-26(23(4)31)28-10-8-7-9-17-30(29(27)28)21-22(2)3/h11-16,22H,5-10,17-21H2,1-4H3. The molecule has 2 aromatic rings. The van der Waals surface area contributed by atoms with Crippen LogP contribution in [0.25, 0.3) is 11.1 Å². The van der Waals surface area contributed by atoms with Crippen molar-refractivity contribution in [1.29, 1.82) is 0 Å². The van der Waals surface area contributed by atoms with Crippen LogP contribution in [-0.2, 0) is 11.2 Å². The summed E-state index contributed by atoms with van der Waals surface area (Å²) in [5, 5.41) is 0. The van der Waals surface area contributed by atoms with E-state index in [1.165, 1.54) is 35.2 Å². The molecule has 3 rings (SSSR count). The van der Waals surface area contributed by atoms with Crippen LogP contribution in [0.3, 0.4) is 0 Å². The number of benzene rings is 2. The fraction of sp³-hybridized carbons (Fsp3) is 0.552. The third-order valence-electron chi connectivity index (χ3n) is 6.22. The molecule has 0 spiro atoms. The van der Waals surface area contributed by atoms with Gasteiger partial charge in [-0.3, -0.25) is 4.79 Å². The summed E-state index contributed by atoms with van der Waals surface area (Å²) in [5.41, 5.74) is 5.75. The van der Waals surface area contributed by atoms with Gasteiger partial charge in [-0.25, -0.2) is 0 Å². The first-order valence-corrected chi connectivity index (χ1v) is 12.7. The lowest BCUT2D eigenvalue weighted by atomic mass is 9.89. The number of hydrogen-bond acceptors (Lipinski definition) is 4. The maximum atomic E-state index is 12.5. The predicted molar refractivity (Wildman–Crippen MR) is 138 cm³/mol. The summed E-state index contributed by atoms with van der Waals surface area (Å²) in [7, 11) is 0. The monoisotopic (exact) mass is 451 g/mol. The van der Waals surface area contributed by atoms with Crippen molar-refractivity contribution in [3.63, 3.8) is 0 Å². The lowest BCUT2D eigenvalue weighted by Gasteiger charge is -2.33. The zero-order valence-corrected chi connectivity index (χ0v) is 21.0. The number of ether oxygens (including phenoxy) is 2. The van der Waals surface area contributed by atoms with Crippen molar-refractivity contribution < 1.29 is 14.3 Å². The van der Waals surface area contributed by atoms with E-state index in [0.29, 0.717) is 19.1 Å². The quantitative estimate of drug-likeness (QED) is 0.274. The molecule has 1 aliphatic rings. The molecule has 0 saturated heterocycles. The molecule has 1 heterocycles. The third-order valence-corrected chi connectivity index (χ3v) is 6.22. The molecule has 0 amide bonds. The van der Waals surface area contributed by atoms with Gasteiger partial charge in [0.15, 0.2) is 5.78 Å². The number of unbranched alkanes of at least 4 members (excludes halogenated alkanes) is 1. The molecular formula is C29H41NO3. The fourth-order valence-corrected chi connectivity index (χ4v) is 4.63. The lowest BCUT2D eigenvalue weighted by Crippen LogP contribution is -2.31. The smallest absolute Gasteiger partial charge is 0.160 e. The Morgan fingerprint density at radius 2 is 1.79 bits per heavy atom. The zero-order valence-electron chi connectivity index (χ0n) is 21.0. The molecule has 0 atom stereocenters. The second-order valence-corrected chi connectivity index (χ2v) is 9.53. The Morgan fingerprint density at radius 3 is 2.48 bits per heavy atom. The molecule has 0 saturated carbocycles. The second kappa shape index (κ2) is 12.8. The lowest BCUT2D eigenvalue weighted by molar-refractivity contribution is 0.0980. The zero-order chi connectivity index (χ0) is 23.6. The highest BCUT2D eigenvalue weighted by molar-refractivity contribution is 5.99. The Labute approximate surface area is 200 Å². The van der Waals surface area contributed by atoms with E-state index in [-0.39, 0.29) is 5.78 Å². The van der Waals surface area contributed by atoms with Crippen LogP contribution in [-0.4, -0.2) is 38.7 Å². The van der Waals surface area contributed by atoms with Crippen molar-refractivity contribution in [2.45, 2.75) is 66.2 Å². The summed E-state index contributed by atoms with van der Waals surface area (Å²) in [6.45, 7) is 12.4. The van der Waals surface area contributed by atoms with E-state index < -0.39 is 0 Å². The number of carbonyl (C=O) groups is 1. The average molecular weight is 452 g/mol. The Kier molecular flexibility index (Phi) is 9.80. The molecule has 1 aliphatic heterocycles. The third kappa shape index (κ3) is 7.07. The van der Waals surface area contributed by atoms with E-state index in [2.05, 4.69) is 43.9 Å². The highest BCUT2D eigenvalue weighted by Gasteiger charge is 2.23. The molecule has 0 fully saturated rings. The number of ketones is 1. The minimum absolute atomic E-state index is 0.160. The van der Waals surface area contributed by atoms with Crippen molar-refractivity contribution in [2.24, 2.45) is 5.92 Å². The van der Waals surface area contributed by atoms with Crippen LogP contribution >= 0.6 is 0 Å². The molecular weight excluding hydrogens is 410 g/mol. The Balaban J connectivity index is 1.87. The van der Waals surface area contributed by atoms with Crippen LogP contribution in [0.1, 0.15) is 75.7 Å². The molecule has 0 aromatic heterocycles. The first-order valence-electron chi connectivity index (χ1n) is 12.7. The first-order chi connectivity index (χ1) is 16.0. The molecule has 0 bridgehead atoms. The van der Waals surface area contributed by atoms with E-state index in [1.807, 2.05) is 18.2 Å². The van der Waals surface area contributed by atoms with E-state index >= 15 is 0 Å². The van der Waals surface area contributed by atoms with Crippen molar-refractivity contribution in [3.05, 3.63) is 47.5 Å². The number of fused-ring (bicyclic) bond motifs is 1. The topological polar surface area (TPSA) is 38.8 Å². The molecule has 180 valence electrons. The summed E-state index contributed by atoms with van der Waals surface area (Å²) < 4.78 is 11.5. The summed E-state index contributed by atoms with van der Waals surface area (Å²) in [6.07, 6.45) is 6.75. The predicted octanol–water partition coefficient (Wildman–Crippen LogP) is 6.94. The molecule has 33 heavy (non-hydrogen) atoms. The maximum Gasteiger partial charge on any atom is 0.160 e. The van der Waals surface area contributed by atoms with Crippen molar-refractivity contribution in [1.82, 2.24) is 0 Å². The molecule has 0 radical (unpaired) electrons. The summed E-state index contributed by atoms with van der Waals surface area (Å²) in [5.74, 6) is 1.58. The van der Waals surface area contributed by atoms with Crippen molar-refractivity contribution in [3.8, 4) is 16.9 Å². The number of hydrogen-bond donors (Lipinski definition) is 0. The minimum atomic E-state index is 0.160. The minimum Gasteiger partial charge on any atom is -0.491 e. The van der Waals surface area contributed by atoms with Gasteiger partial charge in [0.1, 0.15) is 12.4 Å². The van der Waals surface area contributed by atoms with E-state index in [1.54, 1.807) is 6.92 Å². The van der Waals surface area contributed by atoms with Crippen molar-refractivity contribution >= 4 is 11.5 Å². The Morgan fingerprint density at radius 1 is 1.00 bits per heavy atom. The van der Waals surface area contributed by atoms with Crippen LogP contribution in [0, 0.1) is 5.92 Å². The fourth-order valence-electron chi connectivity index (χ4n) is 4.63. The average Bonchev–Trinajstić information content (AvgIpc) is 2.78. The SMILES string of the molecule is CCCCOCCOc1ccc(-c2ccc(C(C)=O)c3c2N(CC(C)C)CCCCC3)cc1. The van der Waals surface area contributed by atoms with Crippen LogP contribution in [0.4, 0.5) is 5.69 Å². The van der Waals surface area contributed by atoms with E-state index in [4.69, 9.17) is 9.47 Å². The maximum absolute atomic E-state index is 12.5. The molecule has 0 unspecified atom stereocenters. The largest absolute Gasteiger partial charge is 0.491 e. The first kappa shape index (κ1) is 25.3. The molecule has 2 aromatic carbocycles. The summed E-state index contributed by atoms with van der Waals surface area (Å²) in [4.78, 5) is 15.0.